The maximum absolute atomic E-state index is 13.7. The van der Waals surface area contributed by atoms with Gasteiger partial charge < -0.3 is 4.90 Å². The van der Waals surface area contributed by atoms with Crippen molar-refractivity contribution in [1.29, 1.82) is 0 Å². The summed E-state index contributed by atoms with van der Waals surface area (Å²) in [4.78, 5) is 18.8. The maximum atomic E-state index is 13.7. The van der Waals surface area contributed by atoms with Gasteiger partial charge in [0, 0.05) is 30.9 Å². The molecule has 0 aliphatic heterocycles. The number of anilines is 1. The molecule has 0 N–H and O–H groups in total. The highest BCUT2D eigenvalue weighted by Crippen LogP contribution is 2.22. The molecule has 114 valence electrons. The lowest BCUT2D eigenvalue weighted by Crippen LogP contribution is -2.19. The summed E-state index contributed by atoms with van der Waals surface area (Å²) in [6, 6.07) is 8.11. The third-order valence-electron chi connectivity index (χ3n) is 3.34. The number of fused-ring (bicyclic) bond motifs is 1. The normalized spacial score (nSPS) is 11.0. The molecule has 22 heavy (non-hydrogen) atoms. The molecule has 7 heteroatoms. The molecule has 0 unspecified atom stereocenters. The highest BCUT2D eigenvalue weighted by Gasteiger charge is 2.13. The molecule has 3 aromatic rings. The lowest BCUT2D eigenvalue weighted by molar-refractivity contribution is 0.607. The first-order chi connectivity index (χ1) is 10.6. The number of hydrogen-bond donors (Lipinski definition) is 0. The predicted molar refractivity (Wildman–Crippen MR) is 85.0 cm³/mol. The van der Waals surface area contributed by atoms with Gasteiger partial charge in [-0.2, -0.15) is 4.52 Å². The summed E-state index contributed by atoms with van der Waals surface area (Å²) in [5.74, 6) is -0.251. The fourth-order valence-electron chi connectivity index (χ4n) is 2.13. The van der Waals surface area contributed by atoms with Crippen LogP contribution >= 0.6 is 11.3 Å². The Hall–Kier alpha value is -2.28. The van der Waals surface area contributed by atoms with Gasteiger partial charge in [0.15, 0.2) is 0 Å². The van der Waals surface area contributed by atoms with Crippen LogP contribution in [0.2, 0.25) is 0 Å². The number of hydrogen-bond acceptors (Lipinski definition) is 5. The van der Waals surface area contributed by atoms with Gasteiger partial charge in [-0.25, -0.2) is 9.37 Å². The van der Waals surface area contributed by atoms with Gasteiger partial charge in [0.1, 0.15) is 5.82 Å². The Labute approximate surface area is 130 Å². The molecule has 2 heterocycles. The van der Waals surface area contributed by atoms with E-state index in [1.165, 1.54) is 28.0 Å². The fourth-order valence-corrected chi connectivity index (χ4v) is 3.02. The Morgan fingerprint density at radius 3 is 2.86 bits per heavy atom. The van der Waals surface area contributed by atoms with Crippen molar-refractivity contribution in [3.63, 3.8) is 0 Å². The molecule has 3 rings (SSSR count). The third-order valence-corrected chi connectivity index (χ3v) is 4.36. The van der Waals surface area contributed by atoms with Gasteiger partial charge >= 0.3 is 0 Å². The van der Waals surface area contributed by atoms with Gasteiger partial charge in [-0.05, 0) is 12.5 Å². The second-order valence-electron chi connectivity index (χ2n) is 4.97. The predicted octanol–water partition coefficient (Wildman–Crippen LogP) is 2.49. The van der Waals surface area contributed by atoms with Crippen LogP contribution in [0.25, 0.3) is 4.96 Å². The van der Waals surface area contributed by atoms with Crippen LogP contribution in [-0.2, 0) is 13.0 Å². The van der Waals surface area contributed by atoms with E-state index in [2.05, 4.69) is 10.1 Å². The molecule has 0 aliphatic rings. The van der Waals surface area contributed by atoms with E-state index in [9.17, 15) is 9.18 Å². The largest absolute Gasteiger partial charge is 0.345 e. The minimum atomic E-state index is -0.251. The molecule has 0 aliphatic carbocycles. The quantitative estimate of drug-likeness (QED) is 0.741. The Morgan fingerprint density at radius 2 is 2.14 bits per heavy atom. The highest BCUT2D eigenvalue weighted by molar-refractivity contribution is 7.20. The van der Waals surface area contributed by atoms with Gasteiger partial charge in [-0.3, -0.25) is 4.79 Å². The minimum Gasteiger partial charge on any atom is -0.345 e. The van der Waals surface area contributed by atoms with Crippen LogP contribution in [0.4, 0.5) is 9.52 Å². The van der Waals surface area contributed by atoms with Crippen molar-refractivity contribution in [3.05, 3.63) is 57.8 Å². The monoisotopic (exact) mass is 318 g/mol. The van der Waals surface area contributed by atoms with E-state index < -0.39 is 0 Å². The van der Waals surface area contributed by atoms with Crippen LogP contribution in [0.1, 0.15) is 18.2 Å². The van der Waals surface area contributed by atoms with Crippen molar-refractivity contribution >= 4 is 21.4 Å². The molecule has 1 aromatic carbocycles. The van der Waals surface area contributed by atoms with Gasteiger partial charge in [-0.15, -0.1) is 5.10 Å². The standard InChI is InChI=1S/C15H15FN4OS/c1-3-11-8-13(21)20-14(17-11)22-15(18-20)19(2)9-10-6-4-5-7-12(10)16/h4-8H,3,9H2,1-2H3. The van der Waals surface area contributed by atoms with E-state index in [0.717, 1.165) is 5.69 Å². The van der Waals surface area contributed by atoms with E-state index in [1.54, 1.807) is 18.2 Å². The fraction of sp³-hybridized carbons (Fsp3) is 0.267. The molecule has 0 atom stereocenters. The van der Waals surface area contributed by atoms with Crippen LogP contribution in [0.5, 0.6) is 0 Å². The molecular weight excluding hydrogens is 303 g/mol. The molecule has 0 amide bonds. The second-order valence-corrected chi connectivity index (χ2v) is 5.90. The van der Waals surface area contributed by atoms with Crippen molar-refractivity contribution in [3.8, 4) is 0 Å². The van der Waals surface area contributed by atoms with Crippen LogP contribution < -0.4 is 10.5 Å². The number of aromatic nitrogens is 3. The van der Waals surface area contributed by atoms with Crippen molar-refractivity contribution in [1.82, 2.24) is 14.6 Å². The summed E-state index contributed by atoms with van der Waals surface area (Å²) < 4.78 is 15.0. The third kappa shape index (κ3) is 2.71. The van der Waals surface area contributed by atoms with Crippen molar-refractivity contribution in [2.75, 3.05) is 11.9 Å². The molecule has 0 fully saturated rings. The van der Waals surface area contributed by atoms with E-state index in [0.29, 0.717) is 28.6 Å². The number of halogens is 1. The van der Waals surface area contributed by atoms with Gasteiger partial charge in [0.05, 0.1) is 0 Å². The summed E-state index contributed by atoms with van der Waals surface area (Å²) in [6.45, 7) is 2.33. The Bertz CT molecular complexity index is 873. The van der Waals surface area contributed by atoms with E-state index in [1.807, 2.05) is 18.9 Å². The zero-order valence-electron chi connectivity index (χ0n) is 12.3. The lowest BCUT2D eigenvalue weighted by Gasteiger charge is -2.15. The van der Waals surface area contributed by atoms with E-state index >= 15 is 0 Å². The maximum Gasteiger partial charge on any atom is 0.275 e. The van der Waals surface area contributed by atoms with E-state index in [4.69, 9.17) is 0 Å². The Kier molecular flexibility index (Phi) is 3.89. The summed E-state index contributed by atoms with van der Waals surface area (Å²) >= 11 is 1.32. The lowest BCUT2D eigenvalue weighted by atomic mass is 10.2. The van der Waals surface area contributed by atoms with Crippen LogP contribution in [0, 0.1) is 5.82 Å². The minimum absolute atomic E-state index is 0.191. The zero-order chi connectivity index (χ0) is 15.7. The smallest absolute Gasteiger partial charge is 0.275 e. The molecule has 0 radical (unpaired) electrons. The molecule has 2 aromatic heterocycles. The van der Waals surface area contributed by atoms with Gasteiger partial charge in [0.25, 0.3) is 5.56 Å². The summed E-state index contributed by atoms with van der Waals surface area (Å²) in [5.41, 5.74) is 1.14. The Balaban J connectivity index is 1.94. The average molecular weight is 318 g/mol. The number of nitrogens with zero attached hydrogens (tertiary/aromatic N) is 4. The van der Waals surface area contributed by atoms with Crippen molar-refractivity contribution in [2.45, 2.75) is 19.9 Å². The molecule has 0 saturated heterocycles. The first kappa shape index (κ1) is 14.6. The molecular formula is C15H15FN4OS. The zero-order valence-corrected chi connectivity index (χ0v) is 13.1. The number of rotatable bonds is 4. The first-order valence-corrected chi connectivity index (χ1v) is 7.74. The van der Waals surface area contributed by atoms with Gasteiger partial charge in [-0.1, -0.05) is 36.5 Å². The van der Waals surface area contributed by atoms with Gasteiger partial charge in [0.2, 0.25) is 10.1 Å². The van der Waals surface area contributed by atoms with Crippen LogP contribution in [-0.4, -0.2) is 21.6 Å². The first-order valence-electron chi connectivity index (χ1n) is 6.93. The average Bonchev–Trinajstić information content (AvgIpc) is 2.94. The van der Waals surface area contributed by atoms with Crippen molar-refractivity contribution in [2.24, 2.45) is 0 Å². The molecule has 0 saturated carbocycles. The summed E-state index contributed by atoms with van der Waals surface area (Å²) in [7, 11) is 1.82. The van der Waals surface area contributed by atoms with Crippen molar-refractivity contribution < 1.29 is 4.39 Å². The summed E-state index contributed by atoms with van der Waals surface area (Å²) in [6.07, 6.45) is 0.698. The number of aryl methyl sites for hydroxylation is 1. The molecule has 5 nitrogen and oxygen atoms in total. The molecule has 0 bridgehead atoms. The summed E-state index contributed by atoms with van der Waals surface area (Å²) in [5, 5.41) is 4.90. The second kappa shape index (κ2) is 5.84. The number of benzene rings is 1. The van der Waals surface area contributed by atoms with E-state index in [-0.39, 0.29) is 11.4 Å². The SMILES string of the molecule is CCc1cc(=O)n2nc(N(C)Cc3ccccc3F)sc2n1. The highest BCUT2D eigenvalue weighted by atomic mass is 32.1. The molecule has 0 spiro atoms. The van der Waals surface area contributed by atoms with Crippen LogP contribution in [0.3, 0.4) is 0 Å². The van der Waals surface area contributed by atoms with Crippen LogP contribution in [0.15, 0.2) is 35.1 Å². The topological polar surface area (TPSA) is 50.5 Å². The Morgan fingerprint density at radius 1 is 1.36 bits per heavy atom.